The summed E-state index contributed by atoms with van der Waals surface area (Å²) in [5.74, 6) is 0.0825. The molecule has 1 saturated carbocycles. The molecule has 0 unspecified atom stereocenters. The second-order valence-electron chi connectivity index (χ2n) is 6.09. The van der Waals surface area contributed by atoms with Crippen molar-refractivity contribution in [3.05, 3.63) is 35.9 Å². The molecule has 1 aliphatic heterocycles. The number of nitrogens with zero attached hydrogens (tertiary/aromatic N) is 1. The largest absolute Gasteiger partial charge is 0.374 e. The molecular formula is C17H24N2O2. The molecule has 0 aromatic heterocycles. The molecule has 1 aliphatic carbocycles. The van der Waals surface area contributed by atoms with Crippen LogP contribution in [0.4, 0.5) is 0 Å². The highest BCUT2D eigenvalue weighted by Crippen LogP contribution is 2.28. The molecule has 2 aliphatic rings. The molecule has 2 fully saturated rings. The van der Waals surface area contributed by atoms with Crippen LogP contribution in [0.3, 0.4) is 0 Å². The van der Waals surface area contributed by atoms with Gasteiger partial charge in [-0.15, -0.1) is 0 Å². The fourth-order valence-corrected chi connectivity index (χ4v) is 3.54. The normalized spacial score (nSPS) is 27.0. The van der Waals surface area contributed by atoms with Crippen LogP contribution in [0.25, 0.3) is 0 Å². The molecule has 1 saturated heterocycles. The van der Waals surface area contributed by atoms with Gasteiger partial charge in [0.15, 0.2) is 0 Å². The molecule has 2 N–H and O–H groups in total. The van der Waals surface area contributed by atoms with Crippen molar-refractivity contribution in [2.24, 2.45) is 5.73 Å². The summed E-state index contributed by atoms with van der Waals surface area (Å²) >= 11 is 0. The molecule has 1 amide bonds. The Hall–Kier alpha value is -1.39. The van der Waals surface area contributed by atoms with E-state index < -0.39 is 6.04 Å². The molecule has 0 spiro atoms. The van der Waals surface area contributed by atoms with E-state index in [1.807, 2.05) is 35.2 Å². The van der Waals surface area contributed by atoms with Gasteiger partial charge < -0.3 is 15.4 Å². The van der Waals surface area contributed by atoms with E-state index >= 15 is 0 Å². The van der Waals surface area contributed by atoms with Crippen LogP contribution in [-0.2, 0) is 16.0 Å². The van der Waals surface area contributed by atoms with Gasteiger partial charge in [-0.3, -0.25) is 4.79 Å². The average Bonchev–Trinajstić information content (AvgIpc) is 2.54. The maximum Gasteiger partial charge on any atom is 0.240 e. The maximum absolute atomic E-state index is 12.7. The van der Waals surface area contributed by atoms with Gasteiger partial charge in [-0.1, -0.05) is 43.2 Å². The Kier molecular flexibility index (Phi) is 4.56. The maximum atomic E-state index is 12.7. The van der Waals surface area contributed by atoms with Crippen molar-refractivity contribution in [2.75, 3.05) is 13.2 Å². The Morgan fingerprint density at radius 1 is 1.29 bits per heavy atom. The number of carbonyl (C=O) groups is 1. The quantitative estimate of drug-likeness (QED) is 0.921. The molecule has 1 aromatic carbocycles. The summed E-state index contributed by atoms with van der Waals surface area (Å²) in [5, 5.41) is 0. The lowest BCUT2D eigenvalue weighted by Crippen LogP contribution is -2.58. The first kappa shape index (κ1) is 14.5. The summed E-state index contributed by atoms with van der Waals surface area (Å²) in [6.45, 7) is 1.33. The highest BCUT2D eigenvalue weighted by molar-refractivity contribution is 5.82. The van der Waals surface area contributed by atoms with Crippen molar-refractivity contribution < 1.29 is 9.53 Å². The molecule has 3 rings (SSSR count). The zero-order valence-corrected chi connectivity index (χ0v) is 12.4. The van der Waals surface area contributed by atoms with Crippen molar-refractivity contribution in [2.45, 2.75) is 50.3 Å². The van der Waals surface area contributed by atoms with Crippen LogP contribution in [0.15, 0.2) is 30.3 Å². The average molecular weight is 288 g/mol. The third-order valence-corrected chi connectivity index (χ3v) is 4.63. The fraction of sp³-hybridized carbons (Fsp3) is 0.588. The minimum absolute atomic E-state index is 0.0825. The molecule has 4 heteroatoms. The number of rotatable bonds is 3. The van der Waals surface area contributed by atoms with E-state index in [0.717, 1.165) is 18.4 Å². The van der Waals surface area contributed by atoms with E-state index in [4.69, 9.17) is 10.5 Å². The predicted octanol–water partition coefficient (Wildman–Crippen LogP) is 1.73. The van der Waals surface area contributed by atoms with E-state index in [9.17, 15) is 4.79 Å². The molecule has 1 aromatic rings. The van der Waals surface area contributed by atoms with E-state index in [-0.39, 0.29) is 18.1 Å². The molecule has 21 heavy (non-hydrogen) atoms. The first-order valence-corrected chi connectivity index (χ1v) is 7.97. The Morgan fingerprint density at radius 2 is 2.05 bits per heavy atom. The summed E-state index contributed by atoms with van der Waals surface area (Å²) in [6, 6.07) is 9.78. The van der Waals surface area contributed by atoms with Gasteiger partial charge in [0.1, 0.15) is 0 Å². The van der Waals surface area contributed by atoms with Crippen LogP contribution in [0.5, 0.6) is 0 Å². The highest BCUT2D eigenvalue weighted by Gasteiger charge is 2.37. The lowest BCUT2D eigenvalue weighted by Gasteiger charge is -2.44. The second-order valence-corrected chi connectivity index (χ2v) is 6.09. The monoisotopic (exact) mass is 288 g/mol. The summed E-state index contributed by atoms with van der Waals surface area (Å²) in [4.78, 5) is 14.7. The molecule has 0 bridgehead atoms. The number of hydrogen-bond donors (Lipinski definition) is 1. The lowest BCUT2D eigenvalue weighted by molar-refractivity contribution is -0.150. The lowest BCUT2D eigenvalue weighted by atomic mass is 9.89. The summed E-state index contributed by atoms with van der Waals surface area (Å²) in [5.41, 5.74) is 7.29. The van der Waals surface area contributed by atoms with Crippen molar-refractivity contribution in [1.29, 1.82) is 0 Å². The van der Waals surface area contributed by atoms with Crippen molar-refractivity contribution in [3.8, 4) is 0 Å². The molecule has 0 radical (unpaired) electrons. The number of carbonyl (C=O) groups excluding carboxylic acids is 1. The van der Waals surface area contributed by atoms with Crippen LogP contribution in [-0.4, -0.2) is 42.1 Å². The standard InChI is InChI=1S/C17H24N2O2/c18-14(12-13-6-2-1-3-7-13)17(20)19-10-11-21-16-9-5-4-8-15(16)19/h1-3,6-7,14-16H,4-5,8-12,18H2/t14-,15-,16+/m0/s1. The van der Waals surface area contributed by atoms with Crippen LogP contribution in [0.1, 0.15) is 31.2 Å². The summed E-state index contributed by atoms with van der Waals surface area (Å²) < 4.78 is 5.83. The Bertz CT molecular complexity index is 475. The van der Waals surface area contributed by atoms with Crippen molar-refractivity contribution in [3.63, 3.8) is 0 Å². The third kappa shape index (κ3) is 3.27. The SMILES string of the molecule is N[C@@H](Cc1ccccc1)C(=O)N1CCO[C@@H]2CCCC[C@@H]21. The van der Waals surface area contributed by atoms with Crippen LogP contribution < -0.4 is 5.73 Å². The summed E-state index contributed by atoms with van der Waals surface area (Å²) in [7, 11) is 0. The number of morpholine rings is 1. The van der Waals surface area contributed by atoms with Crippen LogP contribution in [0.2, 0.25) is 0 Å². The van der Waals surface area contributed by atoms with Crippen LogP contribution >= 0.6 is 0 Å². The zero-order chi connectivity index (χ0) is 14.7. The number of benzene rings is 1. The van der Waals surface area contributed by atoms with Gasteiger partial charge in [0.2, 0.25) is 5.91 Å². The topological polar surface area (TPSA) is 55.6 Å². The van der Waals surface area contributed by atoms with E-state index in [2.05, 4.69) is 0 Å². The van der Waals surface area contributed by atoms with Gasteiger partial charge in [0, 0.05) is 6.54 Å². The van der Waals surface area contributed by atoms with Gasteiger partial charge >= 0.3 is 0 Å². The minimum atomic E-state index is -0.451. The molecule has 3 atom stereocenters. The smallest absolute Gasteiger partial charge is 0.240 e. The molecule has 1 heterocycles. The molecular weight excluding hydrogens is 264 g/mol. The van der Waals surface area contributed by atoms with E-state index in [0.29, 0.717) is 19.6 Å². The third-order valence-electron chi connectivity index (χ3n) is 4.63. The van der Waals surface area contributed by atoms with Gasteiger partial charge in [-0.2, -0.15) is 0 Å². The van der Waals surface area contributed by atoms with Gasteiger partial charge in [0.25, 0.3) is 0 Å². The first-order chi connectivity index (χ1) is 10.3. The van der Waals surface area contributed by atoms with Crippen molar-refractivity contribution >= 4 is 5.91 Å². The van der Waals surface area contributed by atoms with E-state index in [1.165, 1.54) is 12.8 Å². The highest BCUT2D eigenvalue weighted by atomic mass is 16.5. The predicted molar refractivity (Wildman–Crippen MR) is 81.8 cm³/mol. The number of hydrogen-bond acceptors (Lipinski definition) is 3. The molecule has 114 valence electrons. The number of amides is 1. The first-order valence-electron chi connectivity index (χ1n) is 7.97. The summed E-state index contributed by atoms with van der Waals surface area (Å²) in [6.07, 6.45) is 5.34. The van der Waals surface area contributed by atoms with Gasteiger partial charge in [0.05, 0.1) is 24.8 Å². The zero-order valence-electron chi connectivity index (χ0n) is 12.4. The second kappa shape index (κ2) is 6.58. The number of ether oxygens (including phenoxy) is 1. The number of nitrogens with two attached hydrogens (primary N) is 1. The Morgan fingerprint density at radius 3 is 2.86 bits per heavy atom. The Labute approximate surface area is 126 Å². The minimum Gasteiger partial charge on any atom is -0.374 e. The van der Waals surface area contributed by atoms with E-state index in [1.54, 1.807) is 0 Å². The van der Waals surface area contributed by atoms with Gasteiger partial charge in [-0.05, 0) is 24.8 Å². The van der Waals surface area contributed by atoms with Crippen LogP contribution in [0, 0.1) is 0 Å². The van der Waals surface area contributed by atoms with Gasteiger partial charge in [-0.25, -0.2) is 0 Å². The fourth-order valence-electron chi connectivity index (χ4n) is 3.54. The Balaban J connectivity index is 1.65. The van der Waals surface area contributed by atoms with Crippen molar-refractivity contribution in [1.82, 2.24) is 4.90 Å². The molecule has 4 nitrogen and oxygen atoms in total. The number of fused-ring (bicyclic) bond motifs is 1.